The summed E-state index contributed by atoms with van der Waals surface area (Å²) in [4.78, 5) is 24.5. The molecular weight excluding hydrogens is 468 g/mol. The van der Waals surface area contributed by atoms with E-state index < -0.39 is 6.61 Å². The van der Waals surface area contributed by atoms with Crippen LogP contribution in [0.15, 0.2) is 48.7 Å². The molecule has 1 aromatic carbocycles. The lowest BCUT2D eigenvalue weighted by Gasteiger charge is -2.19. The number of hydrogen-bond acceptors (Lipinski definition) is 6. The highest BCUT2D eigenvalue weighted by Crippen LogP contribution is 2.41. The Bertz CT molecular complexity index is 1420. The highest BCUT2D eigenvalue weighted by atomic mass is 19.3. The number of methoxy groups -OCH3 is 1. The van der Waals surface area contributed by atoms with Gasteiger partial charge in [-0.3, -0.25) is 4.79 Å². The summed E-state index contributed by atoms with van der Waals surface area (Å²) in [7, 11) is 3.05. The molecular formula is C26H25F2N5O3. The van der Waals surface area contributed by atoms with Gasteiger partial charge >= 0.3 is 6.61 Å². The van der Waals surface area contributed by atoms with Crippen LogP contribution in [0.25, 0.3) is 16.9 Å². The lowest BCUT2D eigenvalue weighted by molar-refractivity contribution is -0.0512. The van der Waals surface area contributed by atoms with E-state index in [0.717, 1.165) is 18.5 Å². The monoisotopic (exact) mass is 493 g/mol. The fraction of sp³-hybridized carbons (Fsp3) is 0.308. The molecule has 10 heteroatoms. The second-order valence-electron chi connectivity index (χ2n) is 8.78. The minimum Gasteiger partial charge on any atom is -0.493 e. The molecule has 186 valence electrons. The molecule has 1 saturated carbocycles. The van der Waals surface area contributed by atoms with Crippen LogP contribution in [0.2, 0.25) is 0 Å². The van der Waals surface area contributed by atoms with Gasteiger partial charge in [0.25, 0.3) is 5.91 Å². The van der Waals surface area contributed by atoms with Crippen molar-refractivity contribution < 1.29 is 23.0 Å². The van der Waals surface area contributed by atoms with Crippen LogP contribution in [-0.2, 0) is 6.54 Å². The van der Waals surface area contributed by atoms with E-state index in [-0.39, 0.29) is 24.0 Å². The normalized spacial score (nSPS) is 13.3. The number of hydrogen-bond donors (Lipinski definition) is 0. The smallest absolute Gasteiger partial charge is 0.387 e. The zero-order valence-electron chi connectivity index (χ0n) is 20.1. The summed E-state index contributed by atoms with van der Waals surface area (Å²) in [6.07, 6.45) is 3.73. The van der Waals surface area contributed by atoms with E-state index in [1.807, 2.05) is 31.2 Å². The van der Waals surface area contributed by atoms with Gasteiger partial charge < -0.3 is 14.4 Å². The van der Waals surface area contributed by atoms with Gasteiger partial charge in [0.1, 0.15) is 0 Å². The molecule has 0 aliphatic heterocycles. The van der Waals surface area contributed by atoms with Gasteiger partial charge in [-0.1, -0.05) is 12.1 Å². The maximum Gasteiger partial charge on any atom is 0.387 e. The number of aromatic nitrogens is 4. The van der Waals surface area contributed by atoms with Gasteiger partial charge in [0.2, 0.25) is 0 Å². The third-order valence-electron chi connectivity index (χ3n) is 6.14. The summed E-state index contributed by atoms with van der Waals surface area (Å²) in [5, 5.41) is 5.31. The molecule has 0 radical (unpaired) electrons. The van der Waals surface area contributed by atoms with E-state index in [0.29, 0.717) is 39.6 Å². The van der Waals surface area contributed by atoms with E-state index in [2.05, 4.69) is 14.8 Å². The predicted molar refractivity (Wildman–Crippen MR) is 129 cm³/mol. The first kappa shape index (κ1) is 23.7. The largest absolute Gasteiger partial charge is 0.493 e. The molecule has 0 bridgehead atoms. The topological polar surface area (TPSA) is 82.4 Å². The standard InChI is InChI=1S/C26H25F2N5O3/c1-15-23-18(25(34)32(2)14-16-7-10-20(35-3)21(12-16)36-26(27)28)13-19(17-8-9-17)30-24(23)33(31-15)22-6-4-5-11-29-22/h4-7,10-13,17,26H,8-9,14H2,1-3H3. The van der Waals surface area contributed by atoms with Crippen LogP contribution in [0.1, 0.15) is 46.1 Å². The average molecular weight is 494 g/mol. The summed E-state index contributed by atoms with van der Waals surface area (Å²) in [6, 6.07) is 12.1. The summed E-state index contributed by atoms with van der Waals surface area (Å²) < 4.78 is 37.0. The van der Waals surface area contributed by atoms with E-state index in [1.165, 1.54) is 18.1 Å². The van der Waals surface area contributed by atoms with Crippen LogP contribution in [0.3, 0.4) is 0 Å². The lowest BCUT2D eigenvalue weighted by atomic mass is 10.1. The summed E-state index contributed by atoms with van der Waals surface area (Å²) in [6.45, 7) is -0.967. The number of ether oxygens (including phenoxy) is 2. The van der Waals surface area contributed by atoms with Gasteiger partial charge in [-0.25, -0.2) is 9.97 Å². The number of benzene rings is 1. The molecule has 1 aliphatic rings. The Morgan fingerprint density at radius 1 is 1.19 bits per heavy atom. The van der Waals surface area contributed by atoms with Gasteiger partial charge in [-0.05, 0) is 55.7 Å². The molecule has 0 unspecified atom stereocenters. The number of carbonyl (C=O) groups is 1. The van der Waals surface area contributed by atoms with Crippen LogP contribution in [0, 0.1) is 6.92 Å². The molecule has 3 aromatic heterocycles. The minimum absolute atomic E-state index is 0.0827. The molecule has 1 amide bonds. The van der Waals surface area contributed by atoms with E-state index in [4.69, 9.17) is 9.72 Å². The number of rotatable bonds is 8. The number of amides is 1. The number of fused-ring (bicyclic) bond motifs is 1. The summed E-state index contributed by atoms with van der Waals surface area (Å²) in [5.41, 5.74) is 3.23. The maximum absolute atomic E-state index is 13.7. The van der Waals surface area contributed by atoms with Gasteiger partial charge in [0.15, 0.2) is 23.0 Å². The Hall–Kier alpha value is -4.08. The molecule has 0 spiro atoms. The first-order chi connectivity index (χ1) is 17.4. The Labute approximate surface area is 206 Å². The Morgan fingerprint density at radius 3 is 2.67 bits per heavy atom. The second-order valence-corrected chi connectivity index (χ2v) is 8.78. The third-order valence-corrected chi connectivity index (χ3v) is 6.14. The Morgan fingerprint density at radius 2 is 2.00 bits per heavy atom. The quantitative estimate of drug-likeness (QED) is 0.348. The van der Waals surface area contributed by atoms with Gasteiger partial charge in [0, 0.05) is 31.4 Å². The molecule has 0 N–H and O–H groups in total. The number of halogens is 2. The van der Waals surface area contributed by atoms with Crippen molar-refractivity contribution in [2.75, 3.05) is 14.2 Å². The predicted octanol–water partition coefficient (Wildman–Crippen LogP) is 4.88. The zero-order valence-corrected chi connectivity index (χ0v) is 20.1. The SMILES string of the molecule is COc1ccc(CN(C)C(=O)c2cc(C3CC3)nc3c2c(C)nn3-c2ccccn2)cc1OC(F)F. The molecule has 3 heterocycles. The van der Waals surface area contributed by atoms with Crippen molar-refractivity contribution in [1.29, 1.82) is 0 Å². The van der Waals surface area contributed by atoms with E-state index >= 15 is 0 Å². The van der Waals surface area contributed by atoms with Crippen molar-refractivity contribution >= 4 is 16.9 Å². The van der Waals surface area contributed by atoms with Crippen LogP contribution >= 0.6 is 0 Å². The Balaban J connectivity index is 1.52. The average Bonchev–Trinajstić information content (AvgIpc) is 3.67. The number of pyridine rings is 2. The fourth-order valence-electron chi connectivity index (χ4n) is 4.26. The number of aryl methyl sites for hydroxylation is 1. The molecule has 1 fully saturated rings. The molecule has 5 rings (SSSR count). The van der Waals surface area contributed by atoms with Crippen molar-refractivity contribution in [1.82, 2.24) is 24.6 Å². The van der Waals surface area contributed by atoms with Crippen LogP contribution in [0.5, 0.6) is 11.5 Å². The first-order valence-electron chi connectivity index (χ1n) is 11.5. The van der Waals surface area contributed by atoms with Gasteiger partial charge in [0.05, 0.1) is 23.8 Å². The van der Waals surface area contributed by atoms with Gasteiger partial charge in [-0.15, -0.1) is 0 Å². The Kier molecular flexibility index (Phi) is 6.26. The molecule has 8 nitrogen and oxygen atoms in total. The van der Waals surface area contributed by atoms with Crippen LogP contribution in [0.4, 0.5) is 8.78 Å². The number of carbonyl (C=O) groups excluding carboxylic acids is 1. The summed E-state index contributed by atoms with van der Waals surface area (Å²) in [5.74, 6) is 0.818. The van der Waals surface area contributed by atoms with Crippen molar-refractivity contribution in [3.63, 3.8) is 0 Å². The fourth-order valence-corrected chi connectivity index (χ4v) is 4.26. The third kappa shape index (κ3) is 4.58. The highest BCUT2D eigenvalue weighted by Gasteiger charge is 2.30. The van der Waals surface area contributed by atoms with Gasteiger partial charge in [-0.2, -0.15) is 18.6 Å². The molecule has 36 heavy (non-hydrogen) atoms. The maximum atomic E-state index is 13.7. The van der Waals surface area contributed by atoms with Crippen LogP contribution in [-0.4, -0.2) is 51.3 Å². The van der Waals surface area contributed by atoms with Crippen molar-refractivity contribution in [3.8, 4) is 17.3 Å². The highest BCUT2D eigenvalue weighted by molar-refractivity contribution is 6.06. The minimum atomic E-state index is -2.99. The number of nitrogens with zero attached hydrogens (tertiary/aromatic N) is 5. The molecule has 4 aromatic rings. The van der Waals surface area contributed by atoms with Crippen LogP contribution < -0.4 is 9.47 Å². The van der Waals surface area contributed by atoms with Crippen molar-refractivity contribution in [3.05, 3.63) is 71.2 Å². The number of alkyl halides is 2. The first-order valence-corrected chi connectivity index (χ1v) is 11.5. The van der Waals surface area contributed by atoms with E-state index in [1.54, 1.807) is 30.1 Å². The molecule has 0 atom stereocenters. The molecule has 0 saturated heterocycles. The second kappa shape index (κ2) is 9.52. The lowest BCUT2D eigenvalue weighted by Crippen LogP contribution is -2.26. The zero-order chi connectivity index (χ0) is 25.4. The molecule has 1 aliphatic carbocycles. The van der Waals surface area contributed by atoms with Crippen molar-refractivity contribution in [2.45, 2.75) is 38.8 Å². The summed E-state index contributed by atoms with van der Waals surface area (Å²) >= 11 is 0. The van der Waals surface area contributed by atoms with Crippen molar-refractivity contribution in [2.24, 2.45) is 0 Å². The van der Waals surface area contributed by atoms with E-state index in [9.17, 15) is 13.6 Å².